The maximum absolute atomic E-state index is 11.1. The summed E-state index contributed by atoms with van der Waals surface area (Å²) in [6.07, 6.45) is 0. The van der Waals surface area contributed by atoms with Crippen LogP contribution >= 0.6 is 0 Å². The van der Waals surface area contributed by atoms with Crippen LogP contribution in [0.25, 0.3) is 0 Å². The molecule has 8 nitrogen and oxygen atoms in total. The smallest absolute Gasteiger partial charge is 0.322 e. The van der Waals surface area contributed by atoms with Crippen molar-refractivity contribution < 1.29 is 9.66 Å². The summed E-state index contributed by atoms with van der Waals surface area (Å²) in [7, 11) is 0. The Morgan fingerprint density at radius 3 is 2.46 bits per heavy atom. The highest BCUT2D eigenvalue weighted by molar-refractivity contribution is 5.63. The van der Waals surface area contributed by atoms with E-state index in [2.05, 4.69) is 20.2 Å². The predicted molar refractivity (Wildman–Crippen MR) is 89.8 cm³/mol. The molecule has 1 saturated heterocycles. The Balaban J connectivity index is 1.98. The first-order valence-electron chi connectivity index (χ1n) is 7.77. The first kappa shape index (κ1) is 16.1. The van der Waals surface area contributed by atoms with Gasteiger partial charge in [-0.15, -0.1) is 0 Å². The molecule has 8 heteroatoms. The Labute approximate surface area is 139 Å². The van der Waals surface area contributed by atoms with Crippen LogP contribution in [0.3, 0.4) is 0 Å². The van der Waals surface area contributed by atoms with E-state index in [-0.39, 0.29) is 11.7 Å². The molecule has 0 saturated carbocycles. The number of hydrogen-bond donors (Lipinski definition) is 1. The molecule has 24 heavy (non-hydrogen) atoms. The summed E-state index contributed by atoms with van der Waals surface area (Å²) in [6, 6.07) is 6.69. The van der Waals surface area contributed by atoms with Gasteiger partial charge in [0.05, 0.1) is 16.7 Å². The first-order valence-corrected chi connectivity index (χ1v) is 7.77. The zero-order valence-corrected chi connectivity index (χ0v) is 13.7. The van der Waals surface area contributed by atoms with E-state index in [9.17, 15) is 10.1 Å². The molecule has 0 unspecified atom stereocenters. The van der Waals surface area contributed by atoms with Gasteiger partial charge in [-0.05, 0) is 26.0 Å². The van der Waals surface area contributed by atoms with E-state index >= 15 is 0 Å². The number of ether oxygens (including phenoxy) is 1. The minimum absolute atomic E-state index is 0.0201. The van der Waals surface area contributed by atoms with Gasteiger partial charge in [-0.1, -0.05) is 0 Å². The predicted octanol–water partition coefficient (Wildman–Crippen LogP) is 2.20. The summed E-state index contributed by atoms with van der Waals surface area (Å²) < 4.78 is 5.83. The molecule has 2 heterocycles. The standard InChI is InChI=1S/C16H19N5O3/c1-11-9-12(2)19-16(18-11)24-15-10-13(21(22)23)3-4-14(15)20-7-5-17-6-8-20/h3-4,9-10,17H,5-8H2,1-2H3. The molecule has 0 radical (unpaired) electrons. The lowest BCUT2D eigenvalue weighted by atomic mass is 10.2. The molecule has 0 spiro atoms. The molecule has 0 bridgehead atoms. The quantitative estimate of drug-likeness (QED) is 0.679. The van der Waals surface area contributed by atoms with Gasteiger partial charge in [-0.2, -0.15) is 0 Å². The molecule has 3 rings (SSSR count). The van der Waals surface area contributed by atoms with Crippen molar-refractivity contribution in [1.82, 2.24) is 15.3 Å². The number of rotatable bonds is 4. The molecule has 1 aliphatic rings. The van der Waals surface area contributed by atoms with Gasteiger partial charge in [-0.25, -0.2) is 9.97 Å². The number of non-ortho nitro benzene ring substituents is 1. The summed E-state index contributed by atoms with van der Waals surface area (Å²) >= 11 is 0. The third-order valence-electron chi connectivity index (χ3n) is 3.77. The van der Waals surface area contributed by atoms with Crippen LogP contribution in [0.15, 0.2) is 24.3 Å². The Morgan fingerprint density at radius 2 is 1.83 bits per heavy atom. The summed E-state index contributed by atoms with van der Waals surface area (Å²) in [6.45, 7) is 7.04. The molecule has 1 fully saturated rings. The highest BCUT2D eigenvalue weighted by Gasteiger charge is 2.20. The van der Waals surface area contributed by atoms with Gasteiger partial charge in [-0.3, -0.25) is 10.1 Å². The van der Waals surface area contributed by atoms with Crippen molar-refractivity contribution in [2.75, 3.05) is 31.1 Å². The molecule has 0 aliphatic carbocycles. The number of nitro groups is 1. The average Bonchev–Trinajstić information content (AvgIpc) is 2.54. The Kier molecular flexibility index (Phi) is 4.57. The maximum Gasteiger partial charge on any atom is 0.322 e. The summed E-state index contributed by atoms with van der Waals surface area (Å²) in [4.78, 5) is 21.3. The number of benzene rings is 1. The largest absolute Gasteiger partial charge is 0.422 e. The summed E-state index contributed by atoms with van der Waals surface area (Å²) in [5, 5.41) is 14.4. The van der Waals surface area contributed by atoms with Crippen molar-refractivity contribution in [1.29, 1.82) is 0 Å². The summed E-state index contributed by atoms with van der Waals surface area (Å²) in [5.41, 5.74) is 2.36. The highest BCUT2D eigenvalue weighted by atomic mass is 16.6. The van der Waals surface area contributed by atoms with Crippen molar-refractivity contribution in [3.05, 3.63) is 45.8 Å². The van der Waals surface area contributed by atoms with Crippen LogP contribution < -0.4 is 15.0 Å². The zero-order chi connectivity index (χ0) is 17.1. The zero-order valence-electron chi connectivity index (χ0n) is 13.7. The number of nitrogens with one attached hydrogen (secondary N) is 1. The van der Waals surface area contributed by atoms with Crippen LogP contribution in [0.2, 0.25) is 0 Å². The fraction of sp³-hybridized carbons (Fsp3) is 0.375. The molecule has 0 amide bonds. The molecule has 0 atom stereocenters. The van der Waals surface area contributed by atoms with Crippen molar-refractivity contribution in [2.24, 2.45) is 0 Å². The van der Waals surface area contributed by atoms with Gasteiger partial charge in [0.25, 0.3) is 5.69 Å². The number of aromatic nitrogens is 2. The molecule has 1 aromatic carbocycles. The van der Waals surface area contributed by atoms with E-state index in [1.54, 1.807) is 6.07 Å². The van der Waals surface area contributed by atoms with Gasteiger partial charge in [0.2, 0.25) is 0 Å². The SMILES string of the molecule is Cc1cc(C)nc(Oc2cc([N+](=O)[O-])ccc2N2CCNCC2)n1. The van der Waals surface area contributed by atoms with Gasteiger partial charge < -0.3 is 15.0 Å². The minimum Gasteiger partial charge on any atom is -0.422 e. The van der Waals surface area contributed by atoms with Gasteiger partial charge in [0.1, 0.15) is 0 Å². The van der Waals surface area contributed by atoms with Gasteiger partial charge in [0, 0.05) is 43.6 Å². The number of nitro benzene ring substituents is 1. The van der Waals surface area contributed by atoms with E-state index < -0.39 is 4.92 Å². The molecule has 126 valence electrons. The number of anilines is 1. The monoisotopic (exact) mass is 329 g/mol. The van der Waals surface area contributed by atoms with E-state index in [0.29, 0.717) is 5.75 Å². The van der Waals surface area contributed by atoms with E-state index in [4.69, 9.17) is 4.74 Å². The number of hydrogen-bond acceptors (Lipinski definition) is 7. The third kappa shape index (κ3) is 3.60. The first-order chi connectivity index (χ1) is 11.5. The molecule has 1 aliphatic heterocycles. The van der Waals surface area contributed by atoms with Crippen LogP contribution in [0.1, 0.15) is 11.4 Å². The van der Waals surface area contributed by atoms with Crippen molar-refractivity contribution in [2.45, 2.75) is 13.8 Å². The van der Waals surface area contributed by atoms with E-state index in [1.807, 2.05) is 19.9 Å². The number of nitrogens with zero attached hydrogens (tertiary/aromatic N) is 4. The third-order valence-corrected chi connectivity index (χ3v) is 3.77. The second-order valence-electron chi connectivity index (χ2n) is 5.68. The Hall–Kier alpha value is -2.74. The van der Waals surface area contributed by atoms with Crippen LogP contribution in [0.4, 0.5) is 11.4 Å². The topological polar surface area (TPSA) is 93.4 Å². The van der Waals surface area contributed by atoms with E-state index in [1.165, 1.54) is 12.1 Å². The summed E-state index contributed by atoms with van der Waals surface area (Å²) in [5.74, 6) is 0.399. The van der Waals surface area contributed by atoms with Crippen LogP contribution in [-0.2, 0) is 0 Å². The number of piperazine rings is 1. The molecular weight excluding hydrogens is 310 g/mol. The second kappa shape index (κ2) is 6.79. The van der Waals surface area contributed by atoms with Crippen LogP contribution in [0.5, 0.6) is 11.8 Å². The lowest BCUT2D eigenvalue weighted by molar-refractivity contribution is -0.384. The van der Waals surface area contributed by atoms with Gasteiger partial charge in [0.15, 0.2) is 5.75 Å². The molecule has 2 aromatic rings. The second-order valence-corrected chi connectivity index (χ2v) is 5.68. The Morgan fingerprint density at radius 1 is 1.17 bits per heavy atom. The maximum atomic E-state index is 11.1. The molecular formula is C16H19N5O3. The highest BCUT2D eigenvalue weighted by Crippen LogP contribution is 2.35. The number of aryl methyl sites for hydroxylation is 2. The van der Waals surface area contributed by atoms with Crippen LogP contribution in [-0.4, -0.2) is 41.1 Å². The lowest BCUT2D eigenvalue weighted by Gasteiger charge is -2.30. The van der Waals surface area contributed by atoms with Crippen molar-refractivity contribution in [3.63, 3.8) is 0 Å². The van der Waals surface area contributed by atoms with Crippen LogP contribution in [0, 0.1) is 24.0 Å². The van der Waals surface area contributed by atoms with Crippen molar-refractivity contribution in [3.8, 4) is 11.8 Å². The minimum atomic E-state index is -0.434. The normalized spacial score (nSPS) is 14.5. The Bertz CT molecular complexity index is 739. The van der Waals surface area contributed by atoms with E-state index in [0.717, 1.165) is 43.3 Å². The molecule has 1 N–H and O–H groups in total. The average molecular weight is 329 g/mol. The fourth-order valence-corrected chi connectivity index (χ4v) is 2.70. The lowest BCUT2D eigenvalue weighted by Crippen LogP contribution is -2.43. The van der Waals surface area contributed by atoms with Crippen molar-refractivity contribution >= 4 is 11.4 Å². The fourth-order valence-electron chi connectivity index (χ4n) is 2.70. The van der Waals surface area contributed by atoms with Gasteiger partial charge >= 0.3 is 6.01 Å². The molecule has 1 aromatic heterocycles.